The maximum absolute atomic E-state index is 10.1. The first-order valence-corrected chi connectivity index (χ1v) is 3.44. The van der Waals surface area contributed by atoms with E-state index in [2.05, 4.69) is 12.6 Å². The van der Waals surface area contributed by atoms with Crippen LogP contribution in [0.1, 0.15) is 20.3 Å². The van der Waals surface area contributed by atoms with Crippen molar-refractivity contribution < 1.29 is 9.90 Å². The maximum atomic E-state index is 10.1. The summed E-state index contributed by atoms with van der Waals surface area (Å²) in [5.74, 6) is -0.145. The van der Waals surface area contributed by atoms with Crippen LogP contribution in [0.15, 0.2) is 0 Å². The Balaban J connectivity index is 3.71. The number of thiol groups is 1. The molecule has 0 aliphatic rings. The van der Waals surface area contributed by atoms with Gasteiger partial charge in [-0.3, -0.25) is 4.79 Å². The van der Waals surface area contributed by atoms with Gasteiger partial charge in [0.2, 0.25) is 0 Å². The SMILES string of the molecule is CC(C)(CS)CC(=O)O. The lowest BCUT2D eigenvalue weighted by Crippen LogP contribution is -2.18. The molecule has 0 aliphatic carbocycles. The molecule has 0 rings (SSSR count). The Morgan fingerprint density at radius 3 is 2.22 bits per heavy atom. The second-order valence-corrected chi connectivity index (χ2v) is 3.21. The molecule has 2 nitrogen and oxygen atoms in total. The van der Waals surface area contributed by atoms with E-state index in [0.29, 0.717) is 5.75 Å². The first kappa shape index (κ1) is 8.82. The Morgan fingerprint density at radius 2 is 2.11 bits per heavy atom. The van der Waals surface area contributed by atoms with Crippen molar-refractivity contribution in [3.63, 3.8) is 0 Å². The molecule has 0 aromatic heterocycles. The molecule has 0 heterocycles. The second-order valence-electron chi connectivity index (χ2n) is 2.89. The van der Waals surface area contributed by atoms with Gasteiger partial charge in [-0.05, 0) is 11.2 Å². The lowest BCUT2D eigenvalue weighted by atomic mass is 9.92. The first-order valence-electron chi connectivity index (χ1n) is 2.80. The van der Waals surface area contributed by atoms with E-state index in [4.69, 9.17) is 5.11 Å². The molecule has 9 heavy (non-hydrogen) atoms. The van der Waals surface area contributed by atoms with Gasteiger partial charge in [0.15, 0.2) is 0 Å². The van der Waals surface area contributed by atoms with Crippen molar-refractivity contribution in [3.05, 3.63) is 0 Å². The number of carboxylic acids is 1. The van der Waals surface area contributed by atoms with Crippen LogP contribution in [-0.4, -0.2) is 16.8 Å². The van der Waals surface area contributed by atoms with Crippen molar-refractivity contribution in [2.45, 2.75) is 20.3 Å². The van der Waals surface area contributed by atoms with Crippen LogP contribution in [0, 0.1) is 5.41 Å². The molecule has 54 valence electrons. The van der Waals surface area contributed by atoms with Crippen molar-refractivity contribution in [2.24, 2.45) is 5.41 Å². The maximum Gasteiger partial charge on any atom is 0.303 e. The van der Waals surface area contributed by atoms with Gasteiger partial charge < -0.3 is 5.11 Å². The summed E-state index contributed by atoms with van der Waals surface area (Å²) >= 11 is 4.01. The van der Waals surface area contributed by atoms with Gasteiger partial charge in [-0.15, -0.1) is 0 Å². The van der Waals surface area contributed by atoms with E-state index < -0.39 is 5.97 Å². The van der Waals surface area contributed by atoms with Crippen molar-refractivity contribution in [1.29, 1.82) is 0 Å². The molecule has 1 N–H and O–H groups in total. The van der Waals surface area contributed by atoms with Gasteiger partial charge in [-0.1, -0.05) is 13.8 Å². The summed E-state index contributed by atoms with van der Waals surface area (Å²) in [4.78, 5) is 10.1. The Morgan fingerprint density at radius 1 is 1.67 bits per heavy atom. The molecule has 0 saturated carbocycles. The van der Waals surface area contributed by atoms with E-state index in [1.807, 2.05) is 13.8 Å². The molecule has 0 bridgehead atoms. The molecule has 3 heteroatoms. The average Bonchev–Trinajstić information content (AvgIpc) is 1.63. The Hall–Kier alpha value is -0.180. The fourth-order valence-electron chi connectivity index (χ4n) is 0.465. The van der Waals surface area contributed by atoms with Crippen LogP contribution in [0.5, 0.6) is 0 Å². The van der Waals surface area contributed by atoms with Crippen LogP contribution < -0.4 is 0 Å². The van der Waals surface area contributed by atoms with Crippen LogP contribution in [-0.2, 0) is 4.79 Å². The molecule has 0 saturated heterocycles. The van der Waals surface area contributed by atoms with Gasteiger partial charge >= 0.3 is 5.97 Å². The highest BCUT2D eigenvalue weighted by atomic mass is 32.1. The topological polar surface area (TPSA) is 37.3 Å². The number of aliphatic carboxylic acids is 1. The largest absolute Gasteiger partial charge is 0.481 e. The average molecular weight is 148 g/mol. The number of rotatable bonds is 3. The molecule has 0 spiro atoms. The lowest BCUT2D eigenvalue weighted by molar-refractivity contribution is -0.138. The van der Waals surface area contributed by atoms with Crippen LogP contribution in [0.4, 0.5) is 0 Å². The van der Waals surface area contributed by atoms with Crippen molar-refractivity contribution in [3.8, 4) is 0 Å². The van der Waals surface area contributed by atoms with Gasteiger partial charge in [0, 0.05) is 0 Å². The van der Waals surface area contributed by atoms with Crippen molar-refractivity contribution in [2.75, 3.05) is 5.75 Å². The molecule has 0 atom stereocenters. The molecule has 0 amide bonds. The summed E-state index contributed by atoms with van der Waals surface area (Å²) in [6, 6.07) is 0. The summed E-state index contributed by atoms with van der Waals surface area (Å²) in [6.45, 7) is 3.77. The lowest BCUT2D eigenvalue weighted by Gasteiger charge is -2.18. The van der Waals surface area contributed by atoms with Gasteiger partial charge in [0.05, 0.1) is 6.42 Å². The third-order valence-corrected chi connectivity index (χ3v) is 1.91. The minimum atomic E-state index is -0.756. The zero-order valence-electron chi connectivity index (χ0n) is 5.72. The first-order chi connectivity index (χ1) is 3.98. The minimum absolute atomic E-state index is 0.172. The summed E-state index contributed by atoms with van der Waals surface area (Å²) in [7, 11) is 0. The highest BCUT2D eigenvalue weighted by molar-refractivity contribution is 7.80. The van der Waals surface area contributed by atoms with Crippen LogP contribution in [0.3, 0.4) is 0 Å². The molecular weight excluding hydrogens is 136 g/mol. The standard InChI is InChI=1S/C6H12O2S/c1-6(2,4-9)3-5(7)8/h9H,3-4H2,1-2H3,(H,7,8). The van der Waals surface area contributed by atoms with E-state index in [0.717, 1.165) is 0 Å². The van der Waals surface area contributed by atoms with E-state index in [9.17, 15) is 4.79 Å². The van der Waals surface area contributed by atoms with E-state index >= 15 is 0 Å². The fraction of sp³-hybridized carbons (Fsp3) is 0.833. The quantitative estimate of drug-likeness (QED) is 0.594. The zero-order chi connectivity index (χ0) is 7.49. The Labute approximate surface area is 60.7 Å². The molecule has 0 radical (unpaired) electrons. The molecule has 0 fully saturated rings. The summed E-state index contributed by atoms with van der Waals surface area (Å²) in [5, 5.41) is 8.35. The third kappa shape index (κ3) is 4.33. The summed E-state index contributed by atoms with van der Waals surface area (Å²) < 4.78 is 0. The number of hydrogen-bond donors (Lipinski definition) is 2. The smallest absolute Gasteiger partial charge is 0.303 e. The molecule has 0 unspecified atom stereocenters. The summed E-state index contributed by atoms with van der Waals surface area (Å²) in [6.07, 6.45) is 0.191. The van der Waals surface area contributed by atoms with E-state index in [-0.39, 0.29) is 11.8 Å². The number of carbonyl (C=O) groups is 1. The van der Waals surface area contributed by atoms with Gasteiger partial charge in [-0.2, -0.15) is 12.6 Å². The monoisotopic (exact) mass is 148 g/mol. The second kappa shape index (κ2) is 3.11. The minimum Gasteiger partial charge on any atom is -0.481 e. The Kier molecular flexibility index (Phi) is 3.04. The molecule has 0 aliphatic heterocycles. The number of carboxylic acid groups (broad SMARTS) is 1. The predicted molar refractivity (Wildman–Crippen MR) is 39.9 cm³/mol. The van der Waals surface area contributed by atoms with Crippen molar-refractivity contribution >= 4 is 18.6 Å². The summed E-state index contributed by atoms with van der Waals surface area (Å²) in [5.41, 5.74) is -0.172. The normalized spacial score (nSPS) is 11.4. The molecule has 0 aromatic rings. The van der Waals surface area contributed by atoms with Crippen molar-refractivity contribution in [1.82, 2.24) is 0 Å². The van der Waals surface area contributed by atoms with Crippen LogP contribution in [0.25, 0.3) is 0 Å². The van der Waals surface area contributed by atoms with Crippen LogP contribution >= 0.6 is 12.6 Å². The van der Waals surface area contributed by atoms with E-state index in [1.54, 1.807) is 0 Å². The highest BCUT2D eigenvalue weighted by Crippen LogP contribution is 2.20. The van der Waals surface area contributed by atoms with E-state index in [1.165, 1.54) is 0 Å². The fourth-order valence-corrected chi connectivity index (χ4v) is 0.577. The number of hydrogen-bond acceptors (Lipinski definition) is 2. The van der Waals surface area contributed by atoms with Gasteiger partial charge in [0.25, 0.3) is 0 Å². The third-order valence-electron chi connectivity index (χ3n) is 1.06. The van der Waals surface area contributed by atoms with Gasteiger partial charge in [0.1, 0.15) is 0 Å². The Bertz CT molecular complexity index is 110. The van der Waals surface area contributed by atoms with Crippen LogP contribution in [0.2, 0.25) is 0 Å². The highest BCUT2D eigenvalue weighted by Gasteiger charge is 2.18. The molecular formula is C6H12O2S. The van der Waals surface area contributed by atoms with Gasteiger partial charge in [-0.25, -0.2) is 0 Å². The zero-order valence-corrected chi connectivity index (χ0v) is 6.61. The predicted octanol–water partition coefficient (Wildman–Crippen LogP) is 1.42. The molecule has 0 aromatic carbocycles.